The Morgan fingerprint density at radius 2 is 1.47 bits per heavy atom. The van der Waals surface area contributed by atoms with Crippen LogP contribution in [0.15, 0.2) is 24.3 Å². The molecule has 0 spiro atoms. The van der Waals surface area contributed by atoms with E-state index in [0.29, 0.717) is 12.1 Å². The maximum absolute atomic E-state index is 13.0. The number of methoxy groups -OCH3 is 2. The summed E-state index contributed by atoms with van der Waals surface area (Å²) in [6.45, 7) is 2.60. The van der Waals surface area contributed by atoms with E-state index >= 15 is 0 Å². The molecule has 10 heteroatoms. The summed E-state index contributed by atoms with van der Waals surface area (Å²) in [7, 11) is 2.85. The SMILES string of the molecule is COCC(=O)NCCN(CCNC(=O)COC)C(=O)c1cccc(CNC(C)=O)c1. The van der Waals surface area contributed by atoms with Crippen molar-refractivity contribution in [2.75, 3.05) is 53.6 Å². The van der Waals surface area contributed by atoms with E-state index in [1.165, 1.54) is 26.0 Å². The topological polar surface area (TPSA) is 126 Å². The molecule has 1 rings (SSSR count). The van der Waals surface area contributed by atoms with Crippen molar-refractivity contribution in [3.63, 3.8) is 0 Å². The lowest BCUT2D eigenvalue weighted by Gasteiger charge is -2.23. The molecular formula is C20H30N4O6. The minimum atomic E-state index is -0.282. The number of nitrogens with one attached hydrogen (secondary N) is 3. The lowest BCUT2D eigenvalue weighted by Crippen LogP contribution is -2.43. The van der Waals surface area contributed by atoms with Crippen molar-refractivity contribution < 1.29 is 28.7 Å². The Kier molecular flexibility index (Phi) is 11.8. The molecule has 0 aliphatic heterocycles. The van der Waals surface area contributed by atoms with Gasteiger partial charge in [0.2, 0.25) is 17.7 Å². The molecule has 0 atom stereocenters. The van der Waals surface area contributed by atoms with Gasteiger partial charge in [0.25, 0.3) is 5.91 Å². The Labute approximate surface area is 176 Å². The number of benzene rings is 1. The number of hydrogen-bond donors (Lipinski definition) is 3. The smallest absolute Gasteiger partial charge is 0.253 e. The van der Waals surface area contributed by atoms with E-state index in [-0.39, 0.29) is 63.0 Å². The van der Waals surface area contributed by atoms with Crippen LogP contribution in [-0.4, -0.2) is 82.1 Å². The maximum Gasteiger partial charge on any atom is 0.253 e. The normalized spacial score (nSPS) is 10.2. The largest absolute Gasteiger partial charge is 0.375 e. The van der Waals surface area contributed by atoms with Crippen LogP contribution in [0.5, 0.6) is 0 Å². The van der Waals surface area contributed by atoms with E-state index < -0.39 is 0 Å². The van der Waals surface area contributed by atoms with Crippen LogP contribution in [0.4, 0.5) is 0 Å². The van der Waals surface area contributed by atoms with Crippen molar-refractivity contribution in [1.29, 1.82) is 0 Å². The summed E-state index contributed by atoms with van der Waals surface area (Å²) in [4.78, 5) is 48.8. The number of nitrogens with zero attached hydrogens (tertiary/aromatic N) is 1. The first-order chi connectivity index (χ1) is 14.4. The molecule has 1 aromatic rings. The van der Waals surface area contributed by atoms with Crippen LogP contribution in [0.1, 0.15) is 22.8 Å². The van der Waals surface area contributed by atoms with Gasteiger partial charge < -0.3 is 30.3 Å². The second-order valence-corrected chi connectivity index (χ2v) is 6.47. The molecule has 0 aliphatic carbocycles. The quantitative estimate of drug-likeness (QED) is 0.386. The highest BCUT2D eigenvalue weighted by Gasteiger charge is 2.17. The van der Waals surface area contributed by atoms with E-state index in [4.69, 9.17) is 9.47 Å². The van der Waals surface area contributed by atoms with Gasteiger partial charge in [-0.25, -0.2) is 0 Å². The van der Waals surface area contributed by atoms with Crippen LogP contribution in [0.2, 0.25) is 0 Å². The number of carbonyl (C=O) groups excluding carboxylic acids is 4. The fourth-order valence-corrected chi connectivity index (χ4v) is 2.56. The molecule has 0 fully saturated rings. The van der Waals surface area contributed by atoms with Gasteiger partial charge in [0.15, 0.2) is 0 Å². The molecule has 1 aromatic carbocycles. The summed E-state index contributed by atoms with van der Waals surface area (Å²) in [6, 6.07) is 6.94. The second-order valence-electron chi connectivity index (χ2n) is 6.47. The molecule has 0 saturated heterocycles. The third-order valence-corrected chi connectivity index (χ3v) is 3.96. The monoisotopic (exact) mass is 422 g/mol. The Morgan fingerprint density at radius 1 is 0.900 bits per heavy atom. The molecule has 0 unspecified atom stereocenters. The van der Waals surface area contributed by atoms with Gasteiger partial charge in [-0.15, -0.1) is 0 Å². The van der Waals surface area contributed by atoms with Crippen LogP contribution in [0.3, 0.4) is 0 Å². The van der Waals surface area contributed by atoms with Gasteiger partial charge in [-0.05, 0) is 17.7 Å². The highest BCUT2D eigenvalue weighted by Crippen LogP contribution is 2.09. The molecule has 30 heavy (non-hydrogen) atoms. The van der Waals surface area contributed by atoms with Gasteiger partial charge in [0.1, 0.15) is 13.2 Å². The number of carbonyl (C=O) groups is 4. The van der Waals surface area contributed by atoms with E-state index in [1.807, 2.05) is 6.07 Å². The minimum absolute atomic E-state index is 0.0633. The molecule has 0 saturated carbocycles. The molecule has 3 N–H and O–H groups in total. The van der Waals surface area contributed by atoms with Crippen molar-refractivity contribution >= 4 is 23.6 Å². The van der Waals surface area contributed by atoms with E-state index in [2.05, 4.69) is 16.0 Å². The van der Waals surface area contributed by atoms with Crippen LogP contribution in [0, 0.1) is 0 Å². The Bertz CT molecular complexity index is 701. The molecule has 0 aliphatic rings. The molecular weight excluding hydrogens is 392 g/mol. The molecule has 0 bridgehead atoms. The highest BCUT2D eigenvalue weighted by molar-refractivity contribution is 5.94. The lowest BCUT2D eigenvalue weighted by atomic mass is 10.1. The van der Waals surface area contributed by atoms with Crippen molar-refractivity contribution in [2.24, 2.45) is 0 Å². The zero-order valence-electron chi connectivity index (χ0n) is 17.7. The Balaban J connectivity index is 2.78. The summed E-state index contributed by atoms with van der Waals surface area (Å²) < 4.78 is 9.53. The Morgan fingerprint density at radius 3 is 1.97 bits per heavy atom. The van der Waals surface area contributed by atoms with Gasteiger partial charge in [0.05, 0.1) is 0 Å². The zero-order valence-corrected chi connectivity index (χ0v) is 17.7. The van der Waals surface area contributed by atoms with Crippen molar-refractivity contribution in [1.82, 2.24) is 20.9 Å². The number of hydrogen-bond acceptors (Lipinski definition) is 6. The van der Waals surface area contributed by atoms with Crippen molar-refractivity contribution in [3.8, 4) is 0 Å². The lowest BCUT2D eigenvalue weighted by molar-refractivity contribution is -0.125. The van der Waals surface area contributed by atoms with E-state index in [0.717, 1.165) is 5.56 Å². The predicted octanol–water partition coefficient (Wildman–Crippen LogP) is -0.710. The van der Waals surface area contributed by atoms with Crippen molar-refractivity contribution in [2.45, 2.75) is 13.5 Å². The molecule has 166 valence electrons. The fourth-order valence-electron chi connectivity index (χ4n) is 2.56. The number of amides is 4. The maximum atomic E-state index is 13.0. The van der Waals surface area contributed by atoms with E-state index in [9.17, 15) is 19.2 Å². The molecule has 0 aromatic heterocycles. The third-order valence-electron chi connectivity index (χ3n) is 3.96. The van der Waals surface area contributed by atoms with Crippen molar-refractivity contribution in [3.05, 3.63) is 35.4 Å². The predicted molar refractivity (Wildman–Crippen MR) is 110 cm³/mol. The average Bonchev–Trinajstić information content (AvgIpc) is 2.71. The molecule has 0 radical (unpaired) electrons. The second kappa shape index (κ2) is 14.1. The summed E-state index contributed by atoms with van der Waals surface area (Å²) in [5, 5.41) is 8.03. The number of rotatable bonds is 13. The molecule has 4 amide bonds. The zero-order chi connectivity index (χ0) is 22.4. The summed E-state index contributed by atoms with van der Waals surface area (Å²) in [6.07, 6.45) is 0. The van der Waals surface area contributed by atoms with Crippen LogP contribution >= 0.6 is 0 Å². The molecule has 0 heterocycles. The first kappa shape index (κ1) is 25.1. The average molecular weight is 422 g/mol. The van der Waals surface area contributed by atoms with Gasteiger partial charge in [-0.2, -0.15) is 0 Å². The highest BCUT2D eigenvalue weighted by atomic mass is 16.5. The third kappa shape index (κ3) is 9.99. The van der Waals surface area contributed by atoms with Gasteiger partial charge in [-0.1, -0.05) is 12.1 Å². The van der Waals surface area contributed by atoms with Crippen LogP contribution < -0.4 is 16.0 Å². The van der Waals surface area contributed by atoms with Crippen LogP contribution in [-0.2, 0) is 30.4 Å². The minimum Gasteiger partial charge on any atom is -0.375 e. The molecule has 10 nitrogen and oxygen atoms in total. The van der Waals surface area contributed by atoms with Crippen LogP contribution in [0.25, 0.3) is 0 Å². The first-order valence-electron chi connectivity index (χ1n) is 9.51. The summed E-state index contributed by atoms with van der Waals surface area (Å²) in [5.41, 5.74) is 1.24. The van der Waals surface area contributed by atoms with Gasteiger partial charge >= 0.3 is 0 Å². The standard InChI is InChI=1S/C20H30N4O6/c1-15(25)23-12-16-5-4-6-17(11-16)20(28)24(9-7-21-18(26)13-29-2)10-8-22-19(27)14-30-3/h4-6,11H,7-10,12-14H2,1-3H3,(H,21,26)(H,22,27)(H,23,25). The van der Waals surface area contributed by atoms with E-state index in [1.54, 1.807) is 18.2 Å². The fraction of sp³-hybridized carbons (Fsp3) is 0.500. The van der Waals surface area contributed by atoms with Gasteiger partial charge in [0, 0.05) is 59.4 Å². The first-order valence-corrected chi connectivity index (χ1v) is 9.51. The number of ether oxygens (including phenoxy) is 2. The summed E-state index contributed by atoms with van der Waals surface area (Å²) in [5.74, 6) is -0.972. The Hall–Kier alpha value is -2.98. The summed E-state index contributed by atoms with van der Waals surface area (Å²) >= 11 is 0. The van der Waals surface area contributed by atoms with Gasteiger partial charge in [-0.3, -0.25) is 19.2 Å².